The predicted molar refractivity (Wildman–Crippen MR) is 72.4 cm³/mol. The Labute approximate surface area is 117 Å². The van der Waals surface area contributed by atoms with Crippen LogP contribution in [0, 0.1) is 0 Å². The number of rotatable bonds is 2. The molecular formula is C15H17N3O2. The maximum absolute atomic E-state index is 5.88. The number of piperidine rings is 1. The first-order chi connectivity index (χ1) is 9.90. The number of hydrogen-bond donors (Lipinski definition) is 1. The maximum Gasteiger partial charge on any atom is 0.268 e. The largest absolute Gasteiger partial charge is 0.480 e. The van der Waals surface area contributed by atoms with E-state index >= 15 is 0 Å². The zero-order chi connectivity index (χ0) is 13.4. The van der Waals surface area contributed by atoms with Gasteiger partial charge in [-0.1, -0.05) is 29.8 Å². The second kappa shape index (κ2) is 4.90. The van der Waals surface area contributed by atoms with E-state index in [4.69, 9.17) is 9.26 Å². The number of fused-ring (bicyclic) bond motifs is 1. The van der Waals surface area contributed by atoms with Gasteiger partial charge in [-0.25, -0.2) is 0 Å². The average molecular weight is 271 g/mol. The molecule has 5 heteroatoms. The van der Waals surface area contributed by atoms with E-state index in [1.165, 1.54) is 18.4 Å². The molecule has 0 aliphatic carbocycles. The summed E-state index contributed by atoms with van der Waals surface area (Å²) >= 11 is 0. The fourth-order valence-electron chi connectivity index (χ4n) is 2.91. The molecule has 5 nitrogen and oxygen atoms in total. The molecule has 2 unspecified atom stereocenters. The van der Waals surface area contributed by atoms with Crippen molar-refractivity contribution in [3.63, 3.8) is 0 Å². The van der Waals surface area contributed by atoms with Crippen molar-refractivity contribution in [1.29, 1.82) is 0 Å². The second-order valence-electron chi connectivity index (χ2n) is 5.41. The molecule has 0 spiro atoms. The first kappa shape index (κ1) is 11.9. The number of hydrogen-bond acceptors (Lipinski definition) is 5. The highest BCUT2D eigenvalue weighted by molar-refractivity contribution is 5.37. The fraction of sp³-hybridized carbons (Fsp3) is 0.467. The van der Waals surface area contributed by atoms with Gasteiger partial charge in [0.05, 0.1) is 6.04 Å². The number of ether oxygens (including phenoxy) is 1. The molecular weight excluding hydrogens is 254 g/mol. The van der Waals surface area contributed by atoms with Crippen LogP contribution in [0.15, 0.2) is 28.8 Å². The molecule has 1 N–H and O–H groups in total. The van der Waals surface area contributed by atoms with E-state index in [0.717, 1.165) is 31.0 Å². The molecule has 1 saturated heterocycles. The SMILES string of the molecule is c1ccc2c(c1)CC(c1nc(C3CCCCN3)no1)O2. The molecule has 0 radical (unpaired) electrons. The van der Waals surface area contributed by atoms with Crippen molar-refractivity contribution in [3.8, 4) is 5.75 Å². The van der Waals surface area contributed by atoms with E-state index in [1.807, 2.05) is 18.2 Å². The van der Waals surface area contributed by atoms with Crippen LogP contribution in [-0.4, -0.2) is 16.7 Å². The molecule has 3 heterocycles. The van der Waals surface area contributed by atoms with Gasteiger partial charge in [-0.05, 0) is 31.0 Å². The van der Waals surface area contributed by atoms with Gasteiger partial charge in [0.15, 0.2) is 11.9 Å². The van der Waals surface area contributed by atoms with Crippen LogP contribution in [0.1, 0.15) is 48.7 Å². The Morgan fingerprint density at radius 1 is 1.20 bits per heavy atom. The smallest absolute Gasteiger partial charge is 0.268 e. The second-order valence-corrected chi connectivity index (χ2v) is 5.41. The van der Waals surface area contributed by atoms with Crippen molar-refractivity contribution >= 4 is 0 Å². The minimum atomic E-state index is -0.141. The minimum Gasteiger partial charge on any atom is -0.480 e. The monoisotopic (exact) mass is 271 g/mol. The van der Waals surface area contributed by atoms with Gasteiger partial charge in [0.1, 0.15) is 5.75 Å². The standard InChI is InChI=1S/C15H17N3O2/c1-2-7-12-10(5-1)9-13(19-12)15-17-14(18-20-15)11-6-3-4-8-16-11/h1-2,5,7,11,13,16H,3-4,6,8-9H2. The first-order valence-electron chi connectivity index (χ1n) is 7.21. The Kier molecular flexibility index (Phi) is 2.92. The Balaban J connectivity index is 1.52. The van der Waals surface area contributed by atoms with Crippen molar-refractivity contribution in [3.05, 3.63) is 41.5 Å². The fourth-order valence-corrected chi connectivity index (χ4v) is 2.91. The summed E-state index contributed by atoms with van der Waals surface area (Å²) in [6.07, 6.45) is 4.17. The molecule has 4 rings (SSSR count). The highest BCUT2D eigenvalue weighted by Gasteiger charge is 2.30. The lowest BCUT2D eigenvalue weighted by Crippen LogP contribution is -2.27. The molecule has 20 heavy (non-hydrogen) atoms. The lowest BCUT2D eigenvalue weighted by atomic mass is 10.0. The summed E-state index contributed by atoms with van der Waals surface area (Å²) in [4.78, 5) is 4.53. The number of para-hydroxylation sites is 1. The van der Waals surface area contributed by atoms with Crippen molar-refractivity contribution in [2.75, 3.05) is 6.54 Å². The molecule has 2 aliphatic rings. The Hall–Kier alpha value is -1.88. The molecule has 2 atom stereocenters. The van der Waals surface area contributed by atoms with E-state index in [0.29, 0.717) is 5.89 Å². The predicted octanol–water partition coefficient (Wildman–Crippen LogP) is 2.56. The minimum absolute atomic E-state index is 0.141. The molecule has 1 aromatic heterocycles. The summed E-state index contributed by atoms with van der Waals surface area (Å²) in [7, 11) is 0. The van der Waals surface area contributed by atoms with Crippen LogP contribution in [-0.2, 0) is 6.42 Å². The highest BCUT2D eigenvalue weighted by Crippen LogP contribution is 2.36. The van der Waals surface area contributed by atoms with Crippen molar-refractivity contribution < 1.29 is 9.26 Å². The van der Waals surface area contributed by atoms with Crippen LogP contribution in [0.25, 0.3) is 0 Å². The van der Waals surface area contributed by atoms with Crippen molar-refractivity contribution in [2.24, 2.45) is 0 Å². The van der Waals surface area contributed by atoms with Gasteiger partial charge >= 0.3 is 0 Å². The number of benzene rings is 1. The lowest BCUT2D eigenvalue weighted by molar-refractivity contribution is 0.183. The third-order valence-electron chi connectivity index (χ3n) is 4.00. The summed E-state index contributed by atoms with van der Waals surface area (Å²) in [6, 6.07) is 8.29. The van der Waals surface area contributed by atoms with E-state index < -0.39 is 0 Å². The molecule has 2 aromatic rings. The van der Waals surface area contributed by atoms with Crippen molar-refractivity contribution in [1.82, 2.24) is 15.5 Å². The third-order valence-corrected chi connectivity index (χ3v) is 4.00. The summed E-state index contributed by atoms with van der Waals surface area (Å²) in [5.74, 6) is 2.27. The summed E-state index contributed by atoms with van der Waals surface area (Å²) < 4.78 is 11.3. The van der Waals surface area contributed by atoms with Gasteiger partial charge in [0.25, 0.3) is 5.89 Å². The van der Waals surface area contributed by atoms with Crippen LogP contribution in [0.4, 0.5) is 0 Å². The summed E-state index contributed by atoms with van der Waals surface area (Å²) in [5.41, 5.74) is 1.20. The quantitative estimate of drug-likeness (QED) is 0.909. The molecule has 2 aliphatic heterocycles. The molecule has 1 fully saturated rings. The van der Waals surface area contributed by atoms with Crippen LogP contribution in [0.2, 0.25) is 0 Å². The van der Waals surface area contributed by atoms with Gasteiger partial charge in [-0.3, -0.25) is 0 Å². The van der Waals surface area contributed by atoms with Crippen LogP contribution >= 0.6 is 0 Å². The van der Waals surface area contributed by atoms with Gasteiger partial charge in [-0.15, -0.1) is 0 Å². The highest BCUT2D eigenvalue weighted by atomic mass is 16.5. The van der Waals surface area contributed by atoms with Crippen LogP contribution < -0.4 is 10.1 Å². The number of nitrogens with one attached hydrogen (secondary N) is 1. The zero-order valence-corrected chi connectivity index (χ0v) is 11.2. The van der Waals surface area contributed by atoms with Gasteiger partial charge in [0.2, 0.25) is 0 Å². The topological polar surface area (TPSA) is 60.2 Å². The van der Waals surface area contributed by atoms with Crippen LogP contribution in [0.3, 0.4) is 0 Å². The molecule has 0 saturated carbocycles. The van der Waals surface area contributed by atoms with Crippen molar-refractivity contribution in [2.45, 2.75) is 37.8 Å². The third kappa shape index (κ3) is 2.08. The Morgan fingerprint density at radius 3 is 3.00 bits per heavy atom. The number of aromatic nitrogens is 2. The van der Waals surface area contributed by atoms with Crippen LogP contribution in [0.5, 0.6) is 5.75 Å². The van der Waals surface area contributed by atoms with Gasteiger partial charge in [0, 0.05) is 6.42 Å². The molecule has 0 bridgehead atoms. The van der Waals surface area contributed by atoms with E-state index in [1.54, 1.807) is 0 Å². The normalized spacial score (nSPS) is 25.2. The van der Waals surface area contributed by atoms with E-state index in [9.17, 15) is 0 Å². The molecule has 104 valence electrons. The van der Waals surface area contributed by atoms with Gasteiger partial charge in [-0.2, -0.15) is 4.98 Å². The van der Waals surface area contributed by atoms with E-state index in [-0.39, 0.29) is 12.1 Å². The summed E-state index contributed by atoms with van der Waals surface area (Å²) in [5, 5.41) is 7.55. The Morgan fingerprint density at radius 2 is 2.15 bits per heavy atom. The Bertz CT molecular complexity index is 580. The summed E-state index contributed by atoms with van der Waals surface area (Å²) in [6.45, 7) is 1.03. The maximum atomic E-state index is 5.88. The van der Waals surface area contributed by atoms with E-state index in [2.05, 4.69) is 21.5 Å². The van der Waals surface area contributed by atoms with Gasteiger partial charge < -0.3 is 14.6 Å². The zero-order valence-electron chi connectivity index (χ0n) is 11.2. The molecule has 1 aromatic carbocycles. The lowest BCUT2D eigenvalue weighted by Gasteiger charge is -2.19. The molecule has 0 amide bonds. The number of nitrogens with zero attached hydrogens (tertiary/aromatic N) is 2. The first-order valence-corrected chi connectivity index (χ1v) is 7.21. The average Bonchev–Trinajstić information content (AvgIpc) is 3.14.